The maximum Gasteiger partial charge on any atom is 0.268 e. The van der Waals surface area contributed by atoms with Crippen LogP contribution in [0.5, 0.6) is 11.5 Å². The van der Waals surface area contributed by atoms with Crippen LogP contribution in [-0.2, 0) is 11.3 Å². The minimum atomic E-state index is -0.562. The van der Waals surface area contributed by atoms with Crippen molar-refractivity contribution in [3.8, 4) is 11.5 Å². The Bertz CT molecular complexity index is 1240. The van der Waals surface area contributed by atoms with Gasteiger partial charge >= 0.3 is 0 Å². The van der Waals surface area contributed by atoms with Gasteiger partial charge in [-0.1, -0.05) is 23.5 Å². The Hall–Kier alpha value is -3.46. The molecule has 2 aliphatic heterocycles. The van der Waals surface area contributed by atoms with Crippen LogP contribution in [0.4, 0.5) is 0 Å². The van der Waals surface area contributed by atoms with Crippen molar-refractivity contribution in [2.24, 2.45) is 4.99 Å². The molecular weight excluding hydrogens is 394 g/mol. The monoisotopic (exact) mass is 409 g/mol. The van der Waals surface area contributed by atoms with Gasteiger partial charge in [0.2, 0.25) is 6.79 Å². The quantitative estimate of drug-likeness (QED) is 0.619. The summed E-state index contributed by atoms with van der Waals surface area (Å²) in [5.74, 6) is -0.195. The number of carbonyl (C=O) groups excluding carboxylic acids is 3. The number of thiazole rings is 1. The fourth-order valence-electron chi connectivity index (χ4n) is 3.51. The highest BCUT2D eigenvalue weighted by Gasteiger charge is 2.36. The Morgan fingerprint density at radius 1 is 1.10 bits per heavy atom. The normalized spacial score (nSPS) is 15.5. The first kappa shape index (κ1) is 17.6. The van der Waals surface area contributed by atoms with Crippen molar-refractivity contribution in [2.45, 2.75) is 13.5 Å². The number of benzene rings is 2. The van der Waals surface area contributed by atoms with Crippen molar-refractivity contribution in [3.63, 3.8) is 0 Å². The number of hydrogen-bond acceptors (Lipinski definition) is 6. The lowest BCUT2D eigenvalue weighted by Gasteiger charge is -2.10. The first-order chi connectivity index (χ1) is 14.1. The summed E-state index contributed by atoms with van der Waals surface area (Å²) < 4.78 is 13.6. The van der Waals surface area contributed by atoms with Gasteiger partial charge in [-0.15, -0.1) is 0 Å². The number of amides is 3. The van der Waals surface area contributed by atoms with E-state index in [2.05, 4.69) is 4.99 Å². The highest BCUT2D eigenvalue weighted by Crippen LogP contribution is 2.36. The van der Waals surface area contributed by atoms with Crippen LogP contribution in [0.2, 0.25) is 0 Å². The van der Waals surface area contributed by atoms with Crippen LogP contribution in [0.15, 0.2) is 41.4 Å². The largest absolute Gasteiger partial charge is 0.454 e. The molecule has 0 radical (unpaired) electrons. The van der Waals surface area contributed by atoms with Gasteiger partial charge in [0.15, 0.2) is 16.3 Å². The van der Waals surface area contributed by atoms with Crippen molar-refractivity contribution in [1.82, 2.24) is 9.47 Å². The Morgan fingerprint density at radius 2 is 1.76 bits per heavy atom. The van der Waals surface area contributed by atoms with E-state index in [1.54, 1.807) is 24.3 Å². The first-order valence-electron chi connectivity index (χ1n) is 9.02. The molecule has 5 rings (SSSR count). The van der Waals surface area contributed by atoms with E-state index in [0.717, 1.165) is 15.1 Å². The first-order valence-corrected chi connectivity index (χ1v) is 9.84. The summed E-state index contributed by atoms with van der Waals surface area (Å²) in [4.78, 5) is 43.1. The van der Waals surface area contributed by atoms with Crippen LogP contribution >= 0.6 is 11.3 Å². The molecule has 3 amide bonds. The SMILES string of the molecule is CCn1c(=NC(=O)CN2C(=O)c3ccccc3C2=O)sc2cc3c(cc21)OCO3. The lowest BCUT2D eigenvalue weighted by atomic mass is 10.1. The van der Waals surface area contributed by atoms with E-state index in [1.807, 2.05) is 23.6 Å². The standard InChI is InChI=1S/C20H15N3O5S/c1-2-22-13-7-14-15(28-10-27-14)8-16(13)29-20(22)21-17(24)9-23-18(25)11-5-3-4-6-12(11)19(23)26/h3-8H,2,9-10H2,1H3. The third-order valence-corrected chi connectivity index (χ3v) is 5.93. The van der Waals surface area contributed by atoms with Crippen LogP contribution in [0.3, 0.4) is 0 Å². The topological polar surface area (TPSA) is 90.2 Å². The number of carbonyl (C=O) groups is 3. The number of rotatable bonds is 3. The molecule has 0 spiro atoms. The molecule has 0 aliphatic carbocycles. The summed E-state index contributed by atoms with van der Waals surface area (Å²) in [5.41, 5.74) is 1.50. The zero-order chi connectivity index (χ0) is 20.1. The average molecular weight is 409 g/mol. The highest BCUT2D eigenvalue weighted by molar-refractivity contribution is 7.16. The van der Waals surface area contributed by atoms with Crippen LogP contribution < -0.4 is 14.3 Å². The number of ether oxygens (including phenoxy) is 2. The molecule has 2 aliphatic rings. The second-order valence-electron chi connectivity index (χ2n) is 6.55. The maximum absolute atomic E-state index is 12.6. The van der Waals surface area contributed by atoms with E-state index >= 15 is 0 Å². The second kappa shape index (κ2) is 6.56. The van der Waals surface area contributed by atoms with Crippen molar-refractivity contribution in [1.29, 1.82) is 0 Å². The molecule has 3 heterocycles. The summed E-state index contributed by atoms with van der Waals surface area (Å²) in [6.07, 6.45) is 0. The van der Waals surface area contributed by atoms with Crippen LogP contribution in [0.1, 0.15) is 27.6 Å². The fraction of sp³-hybridized carbons (Fsp3) is 0.200. The fourth-order valence-corrected chi connectivity index (χ4v) is 4.63. The minimum absolute atomic E-state index is 0.189. The van der Waals surface area contributed by atoms with E-state index in [9.17, 15) is 14.4 Å². The third kappa shape index (κ3) is 2.73. The number of aryl methyl sites for hydroxylation is 1. The summed E-state index contributed by atoms with van der Waals surface area (Å²) in [6, 6.07) is 10.3. The van der Waals surface area contributed by atoms with E-state index in [-0.39, 0.29) is 6.79 Å². The van der Waals surface area contributed by atoms with Gasteiger partial charge in [-0.3, -0.25) is 19.3 Å². The van der Waals surface area contributed by atoms with Gasteiger partial charge in [0.25, 0.3) is 17.7 Å². The number of fused-ring (bicyclic) bond motifs is 3. The van der Waals surface area contributed by atoms with Gasteiger partial charge < -0.3 is 14.0 Å². The smallest absolute Gasteiger partial charge is 0.268 e. The molecule has 0 N–H and O–H groups in total. The van der Waals surface area contributed by atoms with Crippen molar-refractivity contribution < 1.29 is 23.9 Å². The van der Waals surface area contributed by atoms with Gasteiger partial charge in [0, 0.05) is 18.7 Å². The second-order valence-corrected chi connectivity index (χ2v) is 7.56. The molecule has 2 aromatic carbocycles. The van der Waals surface area contributed by atoms with Gasteiger partial charge in [-0.2, -0.15) is 4.99 Å². The number of imide groups is 1. The zero-order valence-electron chi connectivity index (χ0n) is 15.4. The molecule has 0 bridgehead atoms. The summed E-state index contributed by atoms with van der Waals surface area (Å²) in [7, 11) is 0. The molecule has 8 nitrogen and oxygen atoms in total. The summed E-state index contributed by atoms with van der Waals surface area (Å²) >= 11 is 1.34. The Labute approximate surface area is 168 Å². The van der Waals surface area contributed by atoms with Crippen molar-refractivity contribution >= 4 is 39.3 Å². The maximum atomic E-state index is 12.6. The average Bonchev–Trinajstić information content (AvgIpc) is 3.37. The predicted octanol–water partition coefficient (Wildman–Crippen LogP) is 2.17. The minimum Gasteiger partial charge on any atom is -0.454 e. The van der Waals surface area contributed by atoms with Crippen LogP contribution in [0.25, 0.3) is 10.2 Å². The lowest BCUT2D eigenvalue weighted by molar-refractivity contribution is -0.118. The van der Waals surface area contributed by atoms with E-state index in [4.69, 9.17) is 9.47 Å². The van der Waals surface area contributed by atoms with E-state index in [1.165, 1.54) is 11.3 Å². The summed E-state index contributed by atoms with van der Waals surface area (Å²) in [5, 5.41) is 0. The molecule has 146 valence electrons. The molecule has 0 saturated heterocycles. The molecule has 3 aromatic rings. The molecule has 0 unspecified atom stereocenters. The molecule has 0 saturated carbocycles. The zero-order valence-corrected chi connectivity index (χ0v) is 16.2. The summed E-state index contributed by atoms with van der Waals surface area (Å²) in [6.45, 7) is 2.34. The molecule has 1 aromatic heterocycles. The van der Waals surface area contributed by atoms with Gasteiger partial charge in [0.05, 0.1) is 21.3 Å². The van der Waals surface area contributed by atoms with Crippen molar-refractivity contribution in [2.75, 3.05) is 13.3 Å². The molecule has 29 heavy (non-hydrogen) atoms. The van der Waals surface area contributed by atoms with Gasteiger partial charge in [-0.05, 0) is 19.1 Å². The third-order valence-electron chi connectivity index (χ3n) is 4.89. The van der Waals surface area contributed by atoms with E-state index < -0.39 is 24.3 Å². The number of hydrogen-bond donors (Lipinski definition) is 0. The molecule has 0 fully saturated rings. The highest BCUT2D eigenvalue weighted by atomic mass is 32.1. The van der Waals surface area contributed by atoms with Crippen LogP contribution in [0, 0.1) is 0 Å². The number of nitrogens with zero attached hydrogens (tertiary/aromatic N) is 3. The van der Waals surface area contributed by atoms with Gasteiger partial charge in [0.1, 0.15) is 6.54 Å². The molecule has 0 atom stereocenters. The van der Waals surface area contributed by atoms with Gasteiger partial charge in [-0.25, -0.2) is 0 Å². The lowest BCUT2D eigenvalue weighted by Crippen LogP contribution is -2.35. The Morgan fingerprint density at radius 3 is 2.41 bits per heavy atom. The predicted molar refractivity (Wildman–Crippen MR) is 104 cm³/mol. The van der Waals surface area contributed by atoms with E-state index in [0.29, 0.717) is 34.0 Å². The Kier molecular flexibility index (Phi) is 3.99. The number of aromatic nitrogens is 1. The van der Waals surface area contributed by atoms with Crippen molar-refractivity contribution in [3.05, 3.63) is 52.3 Å². The Balaban J connectivity index is 1.48. The molecular formula is C20H15N3O5S. The van der Waals surface area contributed by atoms with Crippen LogP contribution in [-0.4, -0.2) is 40.5 Å². The molecule has 9 heteroatoms.